The largest absolute Gasteiger partial charge is 0.0654 e. The summed E-state index contributed by atoms with van der Waals surface area (Å²) in [6, 6.07) is 0. The second-order valence-corrected chi connectivity index (χ2v) is 17.9. The Morgan fingerprint density at radius 1 is 0.205 bits per heavy atom. The lowest BCUT2D eigenvalue weighted by molar-refractivity contribution is 0.568. The van der Waals surface area contributed by atoms with E-state index in [0.717, 1.165) is 0 Å². The minimum absolute atomic E-state index is 0.737. The SMILES string of the molecule is CCCCCCCCCCC[P+](CCCCC)(CCCCCCCCCCC)CCCCCCCCCCC. The third-order valence-corrected chi connectivity index (χ3v) is 14.5. The van der Waals surface area contributed by atoms with Crippen LogP contribution in [0.15, 0.2) is 0 Å². The first-order valence-corrected chi connectivity index (χ1v) is 21.6. The smallest absolute Gasteiger partial charge is 0.0594 e. The second-order valence-electron chi connectivity index (χ2n) is 13.4. The summed E-state index contributed by atoms with van der Waals surface area (Å²) >= 11 is 0. The molecule has 0 amide bonds. The highest BCUT2D eigenvalue weighted by Crippen LogP contribution is 2.61. The van der Waals surface area contributed by atoms with E-state index in [1.54, 1.807) is 43.9 Å². The Hall–Kier alpha value is 0.430. The zero-order valence-electron chi connectivity index (χ0n) is 28.5. The summed E-state index contributed by atoms with van der Waals surface area (Å²) in [5, 5.41) is 0. The molecule has 0 aliphatic heterocycles. The van der Waals surface area contributed by atoms with Crippen LogP contribution in [-0.2, 0) is 0 Å². The Bertz CT molecular complexity index is 375. The monoisotopic (exact) mass is 568 g/mol. The molecule has 0 spiro atoms. The molecule has 39 heavy (non-hydrogen) atoms. The van der Waals surface area contributed by atoms with Crippen LogP contribution in [0.2, 0.25) is 0 Å². The van der Waals surface area contributed by atoms with Crippen LogP contribution < -0.4 is 0 Å². The Morgan fingerprint density at radius 3 is 0.590 bits per heavy atom. The maximum Gasteiger partial charge on any atom is 0.0594 e. The van der Waals surface area contributed by atoms with E-state index in [4.69, 9.17) is 0 Å². The number of rotatable bonds is 34. The van der Waals surface area contributed by atoms with Crippen molar-refractivity contribution in [1.29, 1.82) is 0 Å². The van der Waals surface area contributed by atoms with Crippen LogP contribution >= 0.6 is 7.26 Å². The Labute approximate surface area is 251 Å². The minimum Gasteiger partial charge on any atom is -0.0654 e. The molecule has 0 saturated carbocycles. The van der Waals surface area contributed by atoms with Crippen molar-refractivity contribution in [3.8, 4) is 0 Å². The van der Waals surface area contributed by atoms with Crippen LogP contribution in [0.25, 0.3) is 0 Å². The fourth-order valence-electron chi connectivity index (χ4n) is 6.64. The van der Waals surface area contributed by atoms with Gasteiger partial charge in [0.1, 0.15) is 0 Å². The Kier molecular flexibility index (Phi) is 33.3. The molecule has 0 aliphatic carbocycles. The molecule has 0 nitrogen and oxygen atoms in total. The molecule has 0 fully saturated rings. The van der Waals surface area contributed by atoms with Gasteiger partial charge in [0.15, 0.2) is 0 Å². The van der Waals surface area contributed by atoms with Gasteiger partial charge >= 0.3 is 0 Å². The van der Waals surface area contributed by atoms with Gasteiger partial charge in [-0.15, -0.1) is 0 Å². The number of hydrogen-bond acceptors (Lipinski definition) is 0. The van der Waals surface area contributed by atoms with Gasteiger partial charge in [-0.3, -0.25) is 0 Å². The van der Waals surface area contributed by atoms with Crippen molar-refractivity contribution in [1.82, 2.24) is 0 Å². The topological polar surface area (TPSA) is 0 Å². The molecule has 0 atom stereocenters. The molecule has 0 heterocycles. The molecular formula is C38H80P+. The maximum atomic E-state index is 2.40. The predicted molar refractivity (Wildman–Crippen MR) is 188 cm³/mol. The van der Waals surface area contributed by atoms with Crippen molar-refractivity contribution >= 4 is 7.26 Å². The molecule has 0 unspecified atom stereocenters. The van der Waals surface area contributed by atoms with Crippen LogP contribution in [0.4, 0.5) is 0 Å². The van der Waals surface area contributed by atoms with Gasteiger partial charge in [-0.05, 0) is 44.9 Å². The number of hydrogen-bond donors (Lipinski definition) is 0. The van der Waals surface area contributed by atoms with E-state index in [1.807, 2.05) is 0 Å². The van der Waals surface area contributed by atoms with Gasteiger partial charge < -0.3 is 0 Å². The van der Waals surface area contributed by atoms with E-state index in [2.05, 4.69) is 27.7 Å². The maximum absolute atomic E-state index is 2.40. The van der Waals surface area contributed by atoms with Crippen LogP contribution in [0, 0.1) is 0 Å². The molecule has 0 aromatic carbocycles. The first kappa shape index (κ1) is 39.4. The summed E-state index contributed by atoms with van der Waals surface area (Å²) in [6.45, 7) is 9.40. The molecule has 0 aliphatic rings. The molecule has 0 N–H and O–H groups in total. The summed E-state index contributed by atoms with van der Waals surface area (Å²) in [4.78, 5) is 0. The van der Waals surface area contributed by atoms with E-state index in [9.17, 15) is 0 Å². The second kappa shape index (κ2) is 32.9. The summed E-state index contributed by atoms with van der Waals surface area (Å²) in [5.74, 6) is 0. The van der Waals surface area contributed by atoms with Gasteiger partial charge in [-0.2, -0.15) is 0 Å². The fraction of sp³-hybridized carbons (Fsp3) is 1.00. The zero-order valence-corrected chi connectivity index (χ0v) is 29.4. The normalized spacial score (nSPS) is 12.0. The Morgan fingerprint density at radius 2 is 0.359 bits per heavy atom. The van der Waals surface area contributed by atoms with E-state index < -0.39 is 7.26 Å². The van der Waals surface area contributed by atoms with Gasteiger partial charge in [0.05, 0.1) is 24.6 Å². The van der Waals surface area contributed by atoms with E-state index in [1.165, 1.54) is 173 Å². The zero-order chi connectivity index (χ0) is 28.5. The lowest BCUT2D eigenvalue weighted by atomic mass is 10.1. The molecule has 0 aromatic heterocycles. The van der Waals surface area contributed by atoms with Gasteiger partial charge in [-0.25, -0.2) is 0 Å². The van der Waals surface area contributed by atoms with Crippen LogP contribution in [0.1, 0.15) is 220 Å². The van der Waals surface area contributed by atoms with Crippen LogP contribution in [0.3, 0.4) is 0 Å². The lowest BCUT2D eigenvalue weighted by Crippen LogP contribution is -2.13. The van der Waals surface area contributed by atoms with Crippen molar-refractivity contribution in [3.63, 3.8) is 0 Å². The highest BCUT2D eigenvalue weighted by atomic mass is 31.2. The van der Waals surface area contributed by atoms with Crippen molar-refractivity contribution in [2.75, 3.05) is 24.6 Å². The molecule has 0 aromatic rings. The summed E-state index contributed by atoms with van der Waals surface area (Å²) in [6.07, 6.45) is 51.1. The molecule has 236 valence electrons. The Balaban J connectivity index is 4.59. The minimum atomic E-state index is -0.737. The molecule has 0 saturated heterocycles. The standard InChI is InChI=1S/C38H80P/c1-5-9-13-16-19-22-25-28-32-36-39(35-31-12-8-4,37-33-29-26-23-20-17-14-10-6-2)38-34-30-27-24-21-18-15-11-7-3/h5-38H2,1-4H3/q+1. The molecule has 0 bridgehead atoms. The highest BCUT2D eigenvalue weighted by molar-refractivity contribution is 7.75. The molecule has 0 rings (SSSR count). The first-order chi connectivity index (χ1) is 19.2. The van der Waals surface area contributed by atoms with Crippen molar-refractivity contribution in [3.05, 3.63) is 0 Å². The van der Waals surface area contributed by atoms with Crippen molar-refractivity contribution in [2.45, 2.75) is 220 Å². The van der Waals surface area contributed by atoms with Gasteiger partial charge in [0.2, 0.25) is 0 Å². The molecular weight excluding hydrogens is 487 g/mol. The van der Waals surface area contributed by atoms with Gasteiger partial charge in [-0.1, -0.05) is 175 Å². The summed E-state index contributed by atoms with van der Waals surface area (Å²) < 4.78 is 0. The summed E-state index contributed by atoms with van der Waals surface area (Å²) in [5.41, 5.74) is 0. The molecule has 0 radical (unpaired) electrons. The van der Waals surface area contributed by atoms with E-state index >= 15 is 0 Å². The summed E-state index contributed by atoms with van der Waals surface area (Å²) in [7, 11) is -0.737. The van der Waals surface area contributed by atoms with E-state index in [-0.39, 0.29) is 0 Å². The van der Waals surface area contributed by atoms with Crippen LogP contribution in [0.5, 0.6) is 0 Å². The third kappa shape index (κ3) is 28.3. The van der Waals surface area contributed by atoms with Gasteiger partial charge in [0.25, 0.3) is 0 Å². The predicted octanol–water partition coefficient (Wildman–Crippen LogP) is 14.8. The number of unbranched alkanes of at least 4 members (excludes halogenated alkanes) is 26. The van der Waals surface area contributed by atoms with Gasteiger partial charge in [0, 0.05) is 7.26 Å². The van der Waals surface area contributed by atoms with Crippen LogP contribution in [-0.4, -0.2) is 24.6 Å². The third-order valence-electron chi connectivity index (χ3n) is 9.44. The highest BCUT2D eigenvalue weighted by Gasteiger charge is 2.34. The fourth-order valence-corrected chi connectivity index (χ4v) is 11.6. The lowest BCUT2D eigenvalue weighted by Gasteiger charge is -2.28. The van der Waals surface area contributed by atoms with Crippen molar-refractivity contribution in [2.24, 2.45) is 0 Å². The van der Waals surface area contributed by atoms with E-state index in [0.29, 0.717) is 0 Å². The average Bonchev–Trinajstić information content (AvgIpc) is 2.94. The average molecular weight is 568 g/mol. The quantitative estimate of drug-likeness (QED) is 0.0536. The molecule has 1 heteroatoms. The van der Waals surface area contributed by atoms with Crippen molar-refractivity contribution < 1.29 is 0 Å². The first-order valence-electron chi connectivity index (χ1n) is 19.1.